The van der Waals surface area contributed by atoms with Crippen LogP contribution in [0.1, 0.15) is 62.3 Å². The molecular weight excluding hydrogens is 681 g/mol. The summed E-state index contributed by atoms with van der Waals surface area (Å²) in [4.78, 5) is 41.2. The maximum absolute atomic E-state index is 11.9. The van der Waals surface area contributed by atoms with Gasteiger partial charge in [0.05, 0.1) is 49.2 Å². The van der Waals surface area contributed by atoms with E-state index in [0.717, 1.165) is 67.1 Å². The van der Waals surface area contributed by atoms with E-state index >= 15 is 0 Å². The summed E-state index contributed by atoms with van der Waals surface area (Å²) in [7, 11) is 0. The third kappa shape index (κ3) is 8.44. The van der Waals surface area contributed by atoms with Crippen LogP contribution >= 0.6 is 0 Å². The molecule has 0 saturated carbocycles. The summed E-state index contributed by atoms with van der Waals surface area (Å²) in [5.41, 5.74) is 10.2. The smallest absolute Gasteiger partial charge is 0.305 e. The SMILES string of the molecule is CCOC(=O)CCCOc1ccccc1-c1c2nc(cc3ccc([nH]3)c(-c3ccccc3OCCCC(=O)OCC)c3nc(cc4ccc1[nH]4)C=C3)C=C2. The van der Waals surface area contributed by atoms with Crippen molar-refractivity contribution in [3.63, 3.8) is 0 Å². The number of aromatic nitrogens is 4. The Balaban J connectivity index is 1.31. The van der Waals surface area contributed by atoms with E-state index < -0.39 is 0 Å². The normalized spacial score (nSPS) is 11.7. The number of carbonyl (C=O) groups is 2. The number of nitrogens with one attached hydrogen (secondary N) is 2. The molecule has 0 spiro atoms. The number of fused-ring (bicyclic) bond motifs is 8. The first-order valence-corrected chi connectivity index (χ1v) is 18.3. The molecule has 0 saturated heterocycles. The van der Waals surface area contributed by atoms with Crippen molar-refractivity contribution in [2.45, 2.75) is 39.5 Å². The number of carbonyl (C=O) groups excluding carboxylic acids is 2. The van der Waals surface area contributed by atoms with Gasteiger partial charge in [0.25, 0.3) is 0 Å². The lowest BCUT2D eigenvalue weighted by Gasteiger charge is -2.12. The molecule has 0 amide bonds. The zero-order chi connectivity index (χ0) is 37.3. The number of hydrogen-bond donors (Lipinski definition) is 2. The molecule has 274 valence electrons. The first-order valence-electron chi connectivity index (χ1n) is 18.3. The van der Waals surface area contributed by atoms with E-state index in [0.29, 0.717) is 63.6 Å². The molecule has 0 fully saturated rings. The van der Waals surface area contributed by atoms with Crippen LogP contribution in [0, 0.1) is 0 Å². The van der Waals surface area contributed by atoms with Gasteiger partial charge in [-0.2, -0.15) is 0 Å². The van der Waals surface area contributed by atoms with Gasteiger partial charge in [-0.3, -0.25) is 9.59 Å². The second kappa shape index (κ2) is 16.9. The minimum atomic E-state index is -0.228. The van der Waals surface area contributed by atoms with Gasteiger partial charge >= 0.3 is 11.9 Å². The van der Waals surface area contributed by atoms with Crippen molar-refractivity contribution in [1.29, 1.82) is 0 Å². The Morgan fingerprint density at radius 2 is 1.02 bits per heavy atom. The number of hydrogen-bond acceptors (Lipinski definition) is 8. The number of rotatable bonds is 14. The van der Waals surface area contributed by atoms with E-state index in [1.165, 1.54) is 0 Å². The van der Waals surface area contributed by atoms with Gasteiger partial charge in [0.2, 0.25) is 0 Å². The standard InChI is InChI=1S/C44H42N4O6/c1-3-51-41(49)15-9-25-53-39-13-7-5-11-33(39)43-35-21-17-29(45-35)27-31-19-23-37(47-31)44(38-24-20-32(48-38)28-30-18-22-36(43)46-30)34-12-6-8-14-40(34)54-26-10-16-42(50)52-4-2/h5-8,11-14,17-24,27-28,45,48H,3-4,9-10,15-16,25-26H2,1-2H3. The highest BCUT2D eigenvalue weighted by atomic mass is 16.5. The van der Waals surface area contributed by atoms with Gasteiger partial charge in [-0.25, -0.2) is 9.97 Å². The Kier molecular flexibility index (Phi) is 11.3. The number of benzene rings is 2. The van der Waals surface area contributed by atoms with Crippen molar-refractivity contribution in [2.24, 2.45) is 0 Å². The van der Waals surface area contributed by atoms with Crippen LogP contribution < -0.4 is 9.47 Å². The predicted octanol–water partition coefficient (Wildman–Crippen LogP) is 9.43. The Hall–Kier alpha value is -6.42. The highest BCUT2D eigenvalue weighted by Crippen LogP contribution is 2.38. The lowest BCUT2D eigenvalue weighted by Crippen LogP contribution is -2.07. The lowest BCUT2D eigenvalue weighted by molar-refractivity contribution is -0.144. The quantitative estimate of drug-likeness (QED) is 0.0840. The van der Waals surface area contributed by atoms with Gasteiger partial charge in [-0.15, -0.1) is 0 Å². The van der Waals surface area contributed by atoms with E-state index in [1.807, 2.05) is 109 Å². The van der Waals surface area contributed by atoms with Gasteiger partial charge < -0.3 is 28.9 Å². The third-order valence-electron chi connectivity index (χ3n) is 8.89. The minimum Gasteiger partial charge on any atom is -0.493 e. The summed E-state index contributed by atoms with van der Waals surface area (Å²) in [6.07, 6.45) is 9.71. The van der Waals surface area contributed by atoms with E-state index in [4.69, 9.17) is 28.9 Å². The highest BCUT2D eigenvalue weighted by Gasteiger charge is 2.18. The molecule has 10 heteroatoms. The van der Waals surface area contributed by atoms with Crippen LogP contribution in [-0.4, -0.2) is 58.3 Å². The summed E-state index contributed by atoms with van der Waals surface area (Å²) in [6, 6.07) is 28.0. The highest BCUT2D eigenvalue weighted by molar-refractivity contribution is 5.95. The maximum Gasteiger partial charge on any atom is 0.305 e. The Labute approximate surface area is 313 Å². The number of aromatic amines is 2. The van der Waals surface area contributed by atoms with Gasteiger partial charge in [0, 0.05) is 57.2 Å². The van der Waals surface area contributed by atoms with Crippen LogP contribution in [0.4, 0.5) is 0 Å². The molecule has 3 aromatic heterocycles. The molecule has 5 aromatic rings. The molecule has 5 heterocycles. The molecule has 7 rings (SSSR count). The van der Waals surface area contributed by atoms with Crippen LogP contribution in [0.25, 0.3) is 68.6 Å². The third-order valence-corrected chi connectivity index (χ3v) is 8.89. The van der Waals surface area contributed by atoms with Gasteiger partial charge in [0.15, 0.2) is 0 Å². The summed E-state index contributed by atoms with van der Waals surface area (Å²) in [6.45, 7) is 5.07. The van der Waals surface area contributed by atoms with E-state index in [1.54, 1.807) is 13.8 Å². The fourth-order valence-corrected chi connectivity index (χ4v) is 6.50. The maximum atomic E-state index is 11.9. The Morgan fingerprint density at radius 3 is 1.46 bits per heavy atom. The second-order valence-corrected chi connectivity index (χ2v) is 12.7. The molecular formula is C44H42N4O6. The van der Waals surface area contributed by atoms with Crippen LogP contribution in [0.2, 0.25) is 0 Å². The molecule has 10 nitrogen and oxygen atoms in total. The molecule has 54 heavy (non-hydrogen) atoms. The van der Waals surface area contributed by atoms with Crippen LogP contribution in [0.15, 0.2) is 84.9 Å². The average molecular weight is 723 g/mol. The first-order chi connectivity index (χ1) is 26.5. The zero-order valence-corrected chi connectivity index (χ0v) is 30.4. The van der Waals surface area contributed by atoms with Crippen molar-refractivity contribution in [2.75, 3.05) is 26.4 Å². The molecule has 8 bridgehead atoms. The summed E-state index contributed by atoms with van der Waals surface area (Å²) in [5.74, 6) is 0.938. The zero-order valence-electron chi connectivity index (χ0n) is 30.4. The number of para-hydroxylation sites is 2. The number of ether oxygens (including phenoxy) is 4. The van der Waals surface area contributed by atoms with Crippen molar-refractivity contribution >= 4 is 58.3 Å². The van der Waals surface area contributed by atoms with Crippen molar-refractivity contribution in [3.8, 4) is 33.8 Å². The fourth-order valence-electron chi connectivity index (χ4n) is 6.50. The average Bonchev–Trinajstić information content (AvgIpc) is 4.01. The summed E-state index contributed by atoms with van der Waals surface area (Å²) >= 11 is 0. The molecule has 2 aromatic carbocycles. The number of nitrogens with zero attached hydrogens (tertiary/aromatic N) is 2. The molecule has 0 aliphatic carbocycles. The van der Waals surface area contributed by atoms with Crippen molar-refractivity contribution in [1.82, 2.24) is 19.9 Å². The van der Waals surface area contributed by atoms with Gasteiger partial charge in [0.1, 0.15) is 11.5 Å². The monoisotopic (exact) mass is 722 g/mol. The number of esters is 2. The molecule has 0 radical (unpaired) electrons. The Morgan fingerprint density at radius 1 is 0.574 bits per heavy atom. The van der Waals surface area contributed by atoms with Crippen LogP contribution in [-0.2, 0) is 19.1 Å². The van der Waals surface area contributed by atoms with Gasteiger partial charge in [-0.05, 0) is 99.5 Å². The topological polar surface area (TPSA) is 128 Å². The van der Waals surface area contributed by atoms with Gasteiger partial charge in [-0.1, -0.05) is 36.4 Å². The van der Waals surface area contributed by atoms with E-state index in [2.05, 4.69) is 9.97 Å². The molecule has 0 atom stereocenters. The second-order valence-electron chi connectivity index (χ2n) is 12.7. The molecule has 0 unspecified atom stereocenters. The van der Waals surface area contributed by atoms with Crippen LogP contribution in [0.5, 0.6) is 11.5 Å². The summed E-state index contributed by atoms with van der Waals surface area (Å²) < 4.78 is 22.7. The molecule has 2 N–H and O–H groups in total. The summed E-state index contributed by atoms with van der Waals surface area (Å²) in [5, 5.41) is 0. The fraction of sp³-hybridized carbons (Fsp3) is 0.227. The Bertz CT molecular complexity index is 2220. The molecule has 2 aliphatic heterocycles. The lowest BCUT2D eigenvalue weighted by atomic mass is 10.0. The van der Waals surface area contributed by atoms with Crippen LogP contribution in [0.3, 0.4) is 0 Å². The van der Waals surface area contributed by atoms with E-state index in [-0.39, 0.29) is 11.9 Å². The number of H-pyrrole nitrogens is 2. The van der Waals surface area contributed by atoms with Crippen molar-refractivity contribution in [3.05, 3.63) is 108 Å². The largest absolute Gasteiger partial charge is 0.493 e. The molecule has 2 aliphatic rings. The first kappa shape index (κ1) is 36.0. The predicted molar refractivity (Wildman–Crippen MR) is 212 cm³/mol. The minimum absolute atomic E-state index is 0.228. The van der Waals surface area contributed by atoms with Crippen molar-refractivity contribution < 1.29 is 28.5 Å². The van der Waals surface area contributed by atoms with E-state index in [9.17, 15) is 9.59 Å².